The van der Waals surface area contributed by atoms with Gasteiger partial charge in [0.25, 0.3) is 0 Å². The smallest absolute Gasteiger partial charge is 0.118 e. The Hall–Kier alpha value is -0.610. The van der Waals surface area contributed by atoms with Gasteiger partial charge in [0.1, 0.15) is 5.76 Å². The molecule has 0 saturated carbocycles. The first-order valence-electron chi connectivity index (χ1n) is 5.48. The summed E-state index contributed by atoms with van der Waals surface area (Å²) < 4.78 is 5.42. The van der Waals surface area contributed by atoms with Crippen LogP contribution in [0.2, 0.25) is 10.0 Å². The maximum absolute atomic E-state index is 6.01. The Morgan fingerprint density at radius 1 is 1.22 bits per heavy atom. The molecule has 0 fully saturated rings. The maximum Gasteiger partial charge on any atom is 0.118 e. The van der Waals surface area contributed by atoms with Gasteiger partial charge in [0, 0.05) is 21.0 Å². The molecule has 18 heavy (non-hydrogen) atoms. The van der Waals surface area contributed by atoms with Crippen LogP contribution in [0.3, 0.4) is 0 Å². The molecule has 2 rings (SSSR count). The molecule has 0 radical (unpaired) electrons. The highest BCUT2D eigenvalue weighted by molar-refractivity contribution is 7.99. The van der Waals surface area contributed by atoms with Crippen LogP contribution >= 0.6 is 35.0 Å². The summed E-state index contributed by atoms with van der Waals surface area (Å²) in [5.41, 5.74) is 6.01. The average Bonchev–Trinajstić information content (AvgIpc) is 2.77. The van der Waals surface area contributed by atoms with Gasteiger partial charge in [0.2, 0.25) is 0 Å². The summed E-state index contributed by atoms with van der Waals surface area (Å²) in [4.78, 5) is 0.978. The molecule has 0 saturated heterocycles. The van der Waals surface area contributed by atoms with Gasteiger partial charge < -0.3 is 10.2 Å². The van der Waals surface area contributed by atoms with Crippen molar-refractivity contribution in [2.45, 2.75) is 23.1 Å². The lowest BCUT2D eigenvalue weighted by molar-refractivity contribution is 0.487. The fourth-order valence-corrected chi connectivity index (χ4v) is 3.42. The highest BCUT2D eigenvalue weighted by Gasteiger charge is 2.20. The largest absolute Gasteiger partial charge is 0.468 e. The Kier molecular flexibility index (Phi) is 4.62. The van der Waals surface area contributed by atoms with Crippen molar-refractivity contribution in [1.29, 1.82) is 0 Å². The lowest BCUT2D eigenvalue weighted by Gasteiger charge is -2.18. The molecular formula is C13H13Cl2NOS. The normalized spacial score (nSPS) is 14.4. The van der Waals surface area contributed by atoms with Crippen molar-refractivity contribution in [2.75, 3.05) is 0 Å². The van der Waals surface area contributed by atoms with Crippen LogP contribution in [0, 0.1) is 0 Å². The van der Waals surface area contributed by atoms with Crippen LogP contribution in [0.25, 0.3) is 0 Å². The summed E-state index contributed by atoms with van der Waals surface area (Å²) in [7, 11) is 0. The van der Waals surface area contributed by atoms with Crippen molar-refractivity contribution < 1.29 is 4.42 Å². The molecule has 2 unspecified atom stereocenters. The topological polar surface area (TPSA) is 39.2 Å². The second-order valence-electron chi connectivity index (χ2n) is 4.02. The van der Waals surface area contributed by atoms with E-state index in [1.165, 1.54) is 0 Å². The molecule has 2 N–H and O–H groups in total. The number of benzene rings is 1. The lowest BCUT2D eigenvalue weighted by atomic mass is 10.2. The Morgan fingerprint density at radius 3 is 2.39 bits per heavy atom. The van der Waals surface area contributed by atoms with Gasteiger partial charge in [-0.2, -0.15) is 0 Å². The molecule has 1 aromatic heterocycles. The molecule has 96 valence electrons. The predicted octanol–water partition coefficient (Wildman–Crippen LogP) is 4.77. The third-order valence-electron chi connectivity index (χ3n) is 2.40. The average molecular weight is 302 g/mol. The van der Waals surface area contributed by atoms with E-state index in [2.05, 4.69) is 0 Å². The fraction of sp³-hybridized carbons (Fsp3) is 0.231. The minimum atomic E-state index is -0.0427. The number of thioether (sulfide) groups is 1. The van der Waals surface area contributed by atoms with E-state index in [1.807, 2.05) is 31.2 Å². The zero-order valence-electron chi connectivity index (χ0n) is 9.77. The number of nitrogens with two attached hydrogens (primary N) is 1. The number of hydrogen-bond acceptors (Lipinski definition) is 3. The molecule has 1 heterocycles. The molecule has 0 amide bonds. The van der Waals surface area contributed by atoms with Crippen LogP contribution in [0.4, 0.5) is 0 Å². The highest BCUT2D eigenvalue weighted by atomic mass is 35.5. The predicted molar refractivity (Wildman–Crippen MR) is 77.4 cm³/mol. The Bertz CT molecular complexity index is 493. The Balaban J connectivity index is 2.24. The van der Waals surface area contributed by atoms with Crippen LogP contribution < -0.4 is 5.73 Å². The third-order valence-corrected chi connectivity index (χ3v) is 4.26. The standard InChI is InChI=1S/C13H13Cl2NOS/c1-8(16)13(12-3-2-4-17-12)18-11-6-9(14)5-10(15)7-11/h2-8,13H,16H2,1H3. The second-order valence-corrected chi connectivity index (χ2v) is 6.11. The van der Waals surface area contributed by atoms with Crippen molar-refractivity contribution in [1.82, 2.24) is 0 Å². The van der Waals surface area contributed by atoms with E-state index in [4.69, 9.17) is 33.4 Å². The third kappa shape index (κ3) is 3.45. The summed E-state index contributed by atoms with van der Waals surface area (Å²) >= 11 is 13.6. The van der Waals surface area contributed by atoms with Gasteiger partial charge in [0.05, 0.1) is 11.5 Å². The molecule has 0 bridgehead atoms. The minimum absolute atomic E-state index is 0.0366. The van der Waals surface area contributed by atoms with E-state index in [1.54, 1.807) is 24.1 Å². The van der Waals surface area contributed by atoms with Gasteiger partial charge in [-0.3, -0.25) is 0 Å². The van der Waals surface area contributed by atoms with Gasteiger partial charge in [-0.25, -0.2) is 0 Å². The quantitative estimate of drug-likeness (QED) is 0.827. The van der Waals surface area contributed by atoms with Crippen LogP contribution in [0.1, 0.15) is 17.9 Å². The van der Waals surface area contributed by atoms with Crippen molar-refractivity contribution in [3.8, 4) is 0 Å². The van der Waals surface area contributed by atoms with Crippen molar-refractivity contribution >= 4 is 35.0 Å². The molecule has 1 aromatic carbocycles. The lowest BCUT2D eigenvalue weighted by Crippen LogP contribution is -2.22. The van der Waals surface area contributed by atoms with Crippen LogP contribution in [-0.4, -0.2) is 6.04 Å². The van der Waals surface area contributed by atoms with Crippen LogP contribution in [-0.2, 0) is 0 Å². The van der Waals surface area contributed by atoms with E-state index < -0.39 is 0 Å². The van der Waals surface area contributed by atoms with Gasteiger partial charge >= 0.3 is 0 Å². The van der Waals surface area contributed by atoms with Gasteiger partial charge in [-0.05, 0) is 37.3 Å². The molecule has 2 nitrogen and oxygen atoms in total. The zero-order chi connectivity index (χ0) is 13.1. The number of rotatable bonds is 4. The second kappa shape index (κ2) is 6.02. The van der Waals surface area contributed by atoms with Crippen LogP contribution in [0.5, 0.6) is 0 Å². The molecule has 2 aromatic rings. The SMILES string of the molecule is CC(N)C(Sc1cc(Cl)cc(Cl)c1)c1ccco1. The Morgan fingerprint density at radius 2 is 1.89 bits per heavy atom. The van der Waals surface area contributed by atoms with E-state index in [-0.39, 0.29) is 11.3 Å². The first-order valence-corrected chi connectivity index (χ1v) is 7.11. The van der Waals surface area contributed by atoms with E-state index in [0.717, 1.165) is 10.7 Å². The maximum atomic E-state index is 6.01. The Labute approximate surface area is 120 Å². The van der Waals surface area contributed by atoms with Gasteiger partial charge in [-0.15, -0.1) is 11.8 Å². The first-order chi connectivity index (χ1) is 8.56. The van der Waals surface area contributed by atoms with Crippen molar-refractivity contribution in [2.24, 2.45) is 5.73 Å². The summed E-state index contributed by atoms with van der Waals surface area (Å²) in [6.07, 6.45) is 1.65. The van der Waals surface area contributed by atoms with E-state index in [0.29, 0.717) is 10.0 Å². The van der Waals surface area contributed by atoms with E-state index >= 15 is 0 Å². The number of hydrogen-bond donors (Lipinski definition) is 1. The van der Waals surface area contributed by atoms with Gasteiger partial charge in [-0.1, -0.05) is 23.2 Å². The molecule has 0 aliphatic rings. The highest BCUT2D eigenvalue weighted by Crippen LogP contribution is 2.39. The van der Waals surface area contributed by atoms with Gasteiger partial charge in [0.15, 0.2) is 0 Å². The monoisotopic (exact) mass is 301 g/mol. The molecular weight excluding hydrogens is 289 g/mol. The first kappa shape index (κ1) is 13.8. The minimum Gasteiger partial charge on any atom is -0.468 e. The summed E-state index contributed by atoms with van der Waals surface area (Å²) in [5, 5.41) is 1.27. The molecule has 0 aliphatic carbocycles. The summed E-state index contributed by atoms with van der Waals surface area (Å²) in [6, 6.07) is 9.19. The number of furan rings is 1. The number of halogens is 2. The van der Waals surface area contributed by atoms with Crippen LogP contribution in [0.15, 0.2) is 45.9 Å². The van der Waals surface area contributed by atoms with E-state index in [9.17, 15) is 0 Å². The van der Waals surface area contributed by atoms with Crippen molar-refractivity contribution in [3.05, 3.63) is 52.4 Å². The molecule has 0 spiro atoms. The fourth-order valence-electron chi connectivity index (χ4n) is 1.62. The molecule has 5 heteroatoms. The van der Waals surface area contributed by atoms with Crippen molar-refractivity contribution in [3.63, 3.8) is 0 Å². The molecule has 2 atom stereocenters. The molecule has 0 aliphatic heterocycles. The summed E-state index contributed by atoms with van der Waals surface area (Å²) in [5.74, 6) is 0.853. The summed E-state index contributed by atoms with van der Waals surface area (Å²) in [6.45, 7) is 1.95. The zero-order valence-corrected chi connectivity index (χ0v) is 12.1.